The van der Waals surface area contributed by atoms with E-state index in [1.165, 1.54) is 12.1 Å². The molecule has 3 N–H and O–H groups in total. The Kier molecular flexibility index (Phi) is 6.31. The summed E-state index contributed by atoms with van der Waals surface area (Å²) in [5.74, 6) is 0.448. The fourth-order valence-electron chi connectivity index (χ4n) is 1.76. The third-order valence-corrected chi connectivity index (χ3v) is 4.84. The molecule has 0 saturated carbocycles. The zero-order chi connectivity index (χ0) is 15.6. The number of nitrogens with two attached hydrogens (primary N) is 1. The summed E-state index contributed by atoms with van der Waals surface area (Å²) in [7, 11) is -3.80. The summed E-state index contributed by atoms with van der Waals surface area (Å²) in [6.07, 6.45) is 1.78. The van der Waals surface area contributed by atoms with Gasteiger partial charge in [-0.1, -0.05) is 29.3 Å². The highest BCUT2D eigenvalue weighted by Gasteiger charge is 2.23. The van der Waals surface area contributed by atoms with Gasteiger partial charge in [0.15, 0.2) is 0 Å². The number of rotatable bonds is 4. The van der Waals surface area contributed by atoms with Gasteiger partial charge in [-0.2, -0.15) is 13.1 Å². The van der Waals surface area contributed by atoms with Crippen LogP contribution in [0.4, 0.5) is 11.5 Å². The molecule has 0 atom stereocenters. The van der Waals surface area contributed by atoms with Crippen molar-refractivity contribution in [1.29, 1.82) is 0 Å². The molecule has 0 bridgehead atoms. The first-order valence-electron chi connectivity index (χ1n) is 6.11. The normalized spacial score (nSPS) is 10.9. The summed E-state index contributed by atoms with van der Waals surface area (Å²) >= 11 is 11.8. The minimum absolute atomic E-state index is 0. The lowest BCUT2D eigenvalue weighted by molar-refractivity contribution is -0.679. The number of pyridine rings is 1. The molecule has 120 valence electrons. The summed E-state index contributed by atoms with van der Waals surface area (Å²) in [5.41, 5.74) is 5.76. The van der Waals surface area contributed by atoms with Crippen LogP contribution in [-0.2, 0) is 16.6 Å². The molecule has 9 heteroatoms. The monoisotopic (exact) mass is 381 g/mol. The minimum atomic E-state index is -3.80. The minimum Gasteiger partial charge on any atom is -1.00 e. The Hall–Kier alpha value is -1.21. The molecule has 1 aromatic heterocycles. The maximum atomic E-state index is 12.4. The van der Waals surface area contributed by atoms with Crippen LogP contribution in [0.25, 0.3) is 0 Å². The number of sulfonamides is 1. The largest absolute Gasteiger partial charge is 1.00 e. The molecule has 2 aromatic rings. The van der Waals surface area contributed by atoms with Crippen LogP contribution in [0.1, 0.15) is 6.92 Å². The molecule has 0 saturated heterocycles. The first-order valence-corrected chi connectivity index (χ1v) is 8.35. The molecule has 0 radical (unpaired) electrons. The molecule has 0 amide bonds. The number of hydrogen-bond acceptors (Lipinski definition) is 3. The third-order valence-electron chi connectivity index (χ3n) is 2.88. The van der Waals surface area contributed by atoms with E-state index in [1.54, 1.807) is 22.9 Å². The number of aromatic nitrogens is 1. The van der Waals surface area contributed by atoms with Crippen molar-refractivity contribution in [3.8, 4) is 0 Å². The van der Waals surface area contributed by atoms with E-state index in [9.17, 15) is 8.42 Å². The fourth-order valence-corrected chi connectivity index (χ4v) is 3.50. The molecule has 0 spiro atoms. The van der Waals surface area contributed by atoms with Gasteiger partial charge in [0, 0.05) is 6.07 Å². The van der Waals surface area contributed by atoms with Crippen LogP contribution >= 0.6 is 23.2 Å². The first kappa shape index (κ1) is 18.8. The van der Waals surface area contributed by atoms with E-state index in [1.807, 2.05) is 13.0 Å². The van der Waals surface area contributed by atoms with Crippen LogP contribution in [0.15, 0.2) is 41.4 Å². The van der Waals surface area contributed by atoms with Gasteiger partial charge in [-0.3, -0.25) is 0 Å². The third kappa shape index (κ3) is 3.95. The van der Waals surface area contributed by atoms with Crippen LogP contribution in [-0.4, -0.2) is 8.42 Å². The van der Waals surface area contributed by atoms with E-state index in [4.69, 9.17) is 28.9 Å². The molecular weight excluding hydrogens is 369 g/mol. The highest BCUT2D eigenvalue weighted by Crippen LogP contribution is 2.31. The first-order chi connectivity index (χ1) is 9.85. The SMILES string of the molecule is CC[n+]1ccccc1NS(=O)(=O)c1cc(Cl)c(N)c(Cl)c1.[Cl-]. The summed E-state index contributed by atoms with van der Waals surface area (Å²) in [5, 5.41) is 0.193. The van der Waals surface area contributed by atoms with Crippen molar-refractivity contribution >= 4 is 44.7 Å². The molecular formula is C13H14Cl3N3O2S. The van der Waals surface area contributed by atoms with Crippen LogP contribution < -0.4 is 27.4 Å². The van der Waals surface area contributed by atoms with E-state index < -0.39 is 10.0 Å². The van der Waals surface area contributed by atoms with Gasteiger partial charge in [-0.15, -0.1) is 0 Å². The quantitative estimate of drug-likeness (QED) is 0.562. The summed E-state index contributed by atoms with van der Waals surface area (Å²) < 4.78 is 29.1. The average molecular weight is 383 g/mol. The van der Waals surface area contributed by atoms with Crippen molar-refractivity contribution in [2.45, 2.75) is 18.4 Å². The predicted octanol–water partition coefficient (Wildman–Crippen LogP) is -0.312. The van der Waals surface area contributed by atoms with E-state index >= 15 is 0 Å². The van der Waals surface area contributed by atoms with Crippen molar-refractivity contribution in [2.75, 3.05) is 10.5 Å². The Bertz CT molecular complexity index is 759. The topological polar surface area (TPSA) is 76.1 Å². The molecule has 0 aliphatic rings. The van der Waals surface area contributed by atoms with Gasteiger partial charge in [0.05, 0.1) is 28.5 Å². The van der Waals surface area contributed by atoms with Crippen molar-refractivity contribution < 1.29 is 25.4 Å². The van der Waals surface area contributed by atoms with Crippen molar-refractivity contribution in [1.82, 2.24) is 0 Å². The number of anilines is 2. The lowest BCUT2D eigenvalue weighted by Crippen LogP contribution is -3.00. The van der Waals surface area contributed by atoms with Crippen LogP contribution in [0.5, 0.6) is 0 Å². The molecule has 5 nitrogen and oxygen atoms in total. The number of nitrogens with one attached hydrogen (secondary N) is 1. The molecule has 0 aliphatic carbocycles. The van der Waals surface area contributed by atoms with Gasteiger partial charge in [-0.05, 0) is 25.1 Å². The zero-order valence-electron chi connectivity index (χ0n) is 11.6. The predicted molar refractivity (Wildman–Crippen MR) is 84.0 cm³/mol. The van der Waals surface area contributed by atoms with Gasteiger partial charge in [0.25, 0.3) is 5.82 Å². The summed E-state index contributed by atoms with van der Waals surface area (Å²) in [6, 6.07) is 7.77. The van der Waals surface area contributed by atoms with E-state index in [0.717, 1.165) is 0 Å². The van der Waals surface area contributed by atoms with Gasteiger partial charge in [0.1, 0.15) is 4.90 Å². The maximum absolute atomic E-state index is 12.4. The zero-order valence-corrected chi connectivity index (χ0v) is 14.6. The maximum Gasteiger partial charge on any atom is 0.329 e. The van der Waals surface area contributed by atoms with Gasteiger partial charge in [0.2, 0.25) is 0 Å². The lowest BCUT2D eigenvalue weighted by Gasteiger charge is -2.08. The van der Waals surface area contributed by atoms with Gasteiger partial charge < -0.3 is 18.1 Å². The van der Waals surface area contributed by atoms with Crippen LogP contribution in [0, 0.1) is 0 Å². The van der Waals surface area contributed by atoms with Gasteiger partial charge in [-0.25, -0.2) is 4.57 Å². The summed E-state index contributed by atoms with van der Waals surface area (Å²) in [6.45, 7) is 2.54. The van der Waals surface area contributed by atoms with Crippen molar-refractivity contribution in [3.63, 3.8) is 0 Å². The van der Waals surface area contributed by atoms with Gasteiger partial charge >= 0.3 is 10.0 Å². The van der Waals surface area contributed by atoms with Crippen molar-refractivity contribution in [3.05, 3.63) is 46.6 Å². The lowest BCUT2D eigenvalue weighted by atomic mass is 10.3. The number of aryl methyl sites for hydroxylation is 1. The number of nitrogen functional groups attached to an aromatic ring is 1. The number of benzene rings is 1. The number of hydrogen-bond donors (Lipinski definition) is 2. The molecule has 1 aromatic carbocycles. The Morgan fingerprint density at radius 2 is 1.82 bits per heavy atom. The molecule has 0 unspecified atom stereocenters. The smallest absolute Gasteiger partial charge is 0.329 e. The molecule has 2 rings (SSSR count). The number of halogens is 3. The highest BCUT2D eigenvalue weighted by molar-refractivity contribution is 7.92. The molecule has 0 aliphatic heterocycles. The van der Waals surface area contributed by atoms with E-state index in [0.29, 0.717) is 12.4 Å². The average Bonchev–Trinajstić information content (AvgIpc) is 2.44. The van der Waals surface area contributed by atoms with Crippen LogP contribution in [0.3, 0.4) is 0 Å². The van der Waals surface area contributed by atoms with Crippen LogP contribution in [0.2, 0.25) is 10.0 Å². The second-order valence-corrected chi connectivity index (χ2v) is 6.77. The molecule has 0 fully saturated rings. The van der Waals surface area contributed by atoms with E-state index in [-0.39, 0.29) is 33.0 Å². The Morgan fingerprint density at radius 3 is 2.36 bits per heavy atom. The standard InChI is InChI=1S/C13H13Cl2N3O2S.ClH/c1-2-18-6-4-3-5-12(18)17-21(19,20)9-7-10(14)13(16)11(15)8-9;/h3-8H,2,16H2,1H3;1H. The Balaban J connectivity index is 0.00000242. The second kappa shape index (κ2) is 7.37. The Morgan fingerprint density at radius 1 is 1.23 bits per heavy atom. The molecule has 22 heavy (non-hydrogen) atoms. The molecule has 1 heterocycles. The Labute approximate surface area is 145 Å². The summed E-state index contributed by atoms with van der Waals surface area (Å²) in [4.78, 5) is -0.0433. The number of nitrogens with zero attached hydrogens (tertiary/aromatic N) is 1. The van der Waals surface area contributed by atoms with E-state index in [2.05, 4.69) is 4.72 Å². The van der Waals surface area contributed by atoms with Crippen molar-refractivity contribution in [2.24, 2.45) is 0 Å². The highest BCUT2D eigenvalue weighted by atomic mass is 35.5. The second-order valence-electron chi connectivity index (χ2n) is 4.28. The fraction of sp³-hybridized carbons (Fsp3) is 0.154.